The standard InChI is InChI=1S/C9H12ClN5OS/c10-8-7(12-13-17-8)5-14-1-2-15-6(4-14)3-11-9(15)16/h6H,1-5H2,(H,11,16). The topological polar surface area (TPSA) is 61.4 Å². The van der Waals surface area contributed by atoms with Crippen LogP contribution in [0.1, 0.15) is 5.69 Å². The van der Waals surface area contributed by atoms with E-state index in [9.17, 15) is 4.79 Å². The molecule has 1 unspecified atom stereocenters. The molecule has 17 heavy (non-hydrogen) atoms. The van der Waals surface area contributed by atoms with Crippen molar-refractivity contribution in [1.29, 1.82) is 0 Å². The second-order valence-corrected chi connectivity index (χ2v) is 5.62. The molecular weight excluding hydrogens is 262 g/mol. The largest absolute Gasteiger partial charge is 0.336 e. The minimum Gasteiger partial charge on any atom is -0.336 e. The summed E-state index contributed by atoms with van der Waals surface area (Å²) in [5.74, 6) is 0. The van der Waals surface area contributed by atoms with Crippen LogP contribution in [0.25, 0.3) is 0 Å². The maximum Gasteiger partial charge on any atom is 0.317 e. The van der Waals surface area contributed by atoms with E-state index in [0.717, 1.165) is 31.9 Å². The van der Waals surface area contributed by atoms with Crippen LogP contribution in [-0.4, -0.2) is 57.6 Å². The Morgan fingerprint density at radius 2 is 2.41 bits per heavy atom. The number of carbonyl (C=O) groups is 1. The van der Waals surface area contributed by atoms with Gasteiger partial charge in [-0.25, -0.2) is 4.79 Å². The molecule has 92 valence electrons. The van der Waals surface area contributed by atoms with Gasteiger partial charge < -0.3 is 10.2 Å². The van der Waals surface area contributed by atoms with E-state index in [4.69, 9.17) is 11.6 Å². The maximum atomic E-state index is 11.4. The van der Waals surface area contributed by atoms with Crippen molar-refractivity contribution >= 4 is 29.2 Å². The van der Waals surface area contributed by atoms with E-state index < -0.39 is 0 Å². The third-order valence-corrected chi connectivity index (χ3v) is 4.18. The van der Waals surface area contributed by atoms with Crippen LogP contribution in [0.5, 0.6) is 0 Å². The highest BCUT2D eigenvalue weighted by Crippen LogP contribution is 2.21. The van der Waals surface area contributed by atoms with Gasteiger partial charge in [0, 0.05) is 44.3 Å². The molecule has 1 N–H and O–H groups in total. The molecule has 2 aliphatic heterocycles. The summed E-state index contributed by atoms with van der Waals surface area (Å²) in [5.41, 5.74) is 0.836. The number of fused-ring (bicyclic) bond motifs is 1. The van der Waals surface area contributed by atoms with Crippen LogP contribution in [0.4, 0.5) is 4.79 Å². The summed E-state index contributed by atoms with van der Waals surface area (Å²) in [6.07, 6.45) is 0. The van der Waals surface area contributed by atoms with E-state index >= 15 is 0 Å². The van der Waals surface area contributed by atoms with Crippen LogP contribution >= 0.6 is 23.1 Å². The fourth-order valence-electron chi connectivity index (χ4n) is 2.32. The quantitative estimate of drug-likeness (QED) is 0.847. The summed E-state index contributed by atoms with van der Waals surface area (Å²) >= 11 is 7.20. The third-order valence-electron chi connectivity index (χ3n) is 3.20. The van der Waals surface area contributed by atoms with Gasteiger partial charge in [0.15, 0.2) is 0 Å². The second kappa shape index (κ2) is 4.40. The Morgan fingerprint density at radius 1 is 1.53 bits per heavy atom. The lowest BCUT2D eigenvalue weighted by Crippen LogP contribution is -2.51. The molecule has 1 aromatic heterocycles. The normalized spacial score (nSPS) is 24.9. The molecule has 8 heteroatoms. The molecule has 0 radical (unpaired) electrons. The van der Waals surface area contributed by atoms with Gasteiger partial charge in [0.2, 0.25) is 0 Å². The summed E-state index contributed by atoms with van der Waals surface area (Å²) in [6.45, 7) is 3.95. The fourth-order valence-corrected chi connectivity index (χ4v) is 2.93. The number of piperazine rings is 1. The number of amides is 2. The molecule has 2 amide bonds. The highest BCUT2D eigenvalue weighted by molar-refractivity contribution is 7.10. The van der Waals surface area contributed by atoms with Crippen LogP contribution in [0.2, 0.25) is 4.34 Å². The van der Waals surface area contributed by atoms with Gasteiger partial charge in [-0.15, -0.1) is 5.10 Å². The van der Waals surface area contributed by atoms with Crippen molar-refractivity contribution < 1.29 is 4.79 Å². The summed E-state index contributed by atoms with van der Waals surface area (Å²) in [6, 6.07) is 0.338. The molecule has 0 spiro atoms. The third kappa shape index (κ3) is 2.10. The zero-order valence-corrected chi connectivity index (χ0v) is 10.7. The van der Waals surface area contributed by atoms with Gasteiger partial charge >= 0.3 is 6.03 Å². The number of hydrogen-bond acceptors (Lipinski definition) is 5. The average molecular weight is 274 g/mol. The molecule has 3 rings (SSSR count). The molecule has 1 atom stereocenters. The number of rotatable bonds is 2. The monoisotopic (exact) mass is 273 g/mol. The van der Waals surface area contributed by atoms with Gasteiger partial charge in [-0.2, -0.15) is 0 Å². The van der Waals surface area contributed by atoms with Crippen LogP contribution in [0.3, 0.4) is 0 Å². The Hall–Kier alpha value is -0.920. The Labute approximate surface area is 108 Å². The second-order valence-electron chi connectivity index (χ2n) is 4.26. The summed E-state index contributed by atoms with van der Waals surface area (Å²) in [5, 5.41) is 6.87. The molecule has 0 aliphatic carbocycles. The molecule has 0 saturated carbocycles. The Balaban J connectivity index is 1.64. The first-order valence-electron chi connectivity index (χ1n) is 5.47. The first-order chi connectivity index (χ1) is 8.24. The van der Waals surface area contributed by atoms with E-state index in [1.165, 1.54) is 11.5 Å². The predicted octanol–water partition coefficient (Wildman–Crippen LogP) is 0.401. The van der Waals surface area contributed by atoms with E-state index in [2.05, 4.69) is 19.8 Å². The van der Waals surface area contributed by atoms with Crippen molar-refractivity contribution in [3.05, 3.63) is 10.0 Å². The highest BCUT2D eigenvalue weighted by Gasteiger charge is 2.35. The van der Waals surface area contributed by atoms with Crippen molar-refractivity contribution in [2.75, 3.05) is 26.2 Å². The van der Waals surface area contributed by atoms with Gasteiger partial charge in [-0.1, -0.05) is 16.1 Å². The van der Waals surface area contributed by atoms with E-state index in [-0.39, 0.29) is 12.1 Å². The van der Waals surface area contributed by atoms with E-state index in [0.29, 0.717) is 10.9 Å². The minimum atomic E-state index is 0.0583. The van der Waals surface area contributed by atoms with Crippen molar-refractivity contribution in [3.8, 4) is 0 Å². The van der Waals surface area contributed by atoms with Crippen LogP contribution in [0.15, 0.2) is 0 Å². The Kier molecular flexibility index (Phi) is 2.89. The molecule has 3 heterocycles. The van der Waals surface area contributed by atoms with Gasteiger partial charge in [0.1, 0.15) is 10.0 Å². The average Bonchev–Trinajstić information content (AvgIpc) is 2.87. The molecule has 6 nitrogen and oxygen atoms in total. The lowest BCUT2D eigenvalue weighted by Gasteiger charge is -2.35. The number of hydrogen-bond donors (Lipinski definition) is 1. The number of halogens is 1. The van der Waals surface area contributed by atoms with Crippen LogP contribution < -0.4 is 5.32 Å². The van der Waals surface area contributed by atoms with Crippen LogP contribution in [-0.2, 0) is 6.54 Å². The smallest absolute Gasteiger partial charge is 0.317 e. The fraction of sp³-hybridized carbons (Fsp3) is 0.667. The lowest BCUT2D eigenvalue weighted by molar-refractivity contribution is 0.116. The molecule has 1 aromatic rings. The lowest BCUT2D eigenvalue weighted by atomic mass is 10.2. The van der Waals surface area contributed by atoms with Crippen molar-refractivity contribution in [2.45, 2.75) is 12.6 Å². The highest BCUT2D eigenvalue weighted by atomic mass is 35.5. The molecular formula is C9H12ClN5OS. The summed E-state index contributed by atoms with van der Waals surface area (Å²) < 4.78 is 4.48. The van der Waals surface area contributed by atoms with Gasteiger partial charge in [0.25, 0.3) is 0 Å². The minimum absolute atomic E-state index is 0.0583. The van der Waals surface area contributed by atoms with Crippen LogP contribution in [0, 0.1) is 0 Å². The van der Waals surface area contributed by atoms with E-state index in [1.807, 2.05) is 4.90 Å². The number of urea groups is 1. The summed E-state index contributed by atoms with van der Waals surface area (Å²) in [4.78, 5) is 15.6. The first kappa shape index (κ1) is 11.2. The first-order valence-corrected chi connectivity index (χ1v) is 6.63. The zero-order chi connectivity index (χ0) is 11.8. The molecule has 0 aromatic carbocycles. The molecule has 2 fully saturated rings. The molecule has 2 saturated heterocycles. The maximum absolute atomic E-state index is 11.4. The van der Waals surface area contributed by atoms with Gasteiger partial charge in [-0.3, -0.25) is 4.90 Å². The number of nitrogens with one attached hydrogen (secondary N) is 1. The SMILES string of the molecule is O=C1NCC2CN(Cc3nnsc3Cl)CCN12. The molecule has 2 aliphatic rings. The van der Waals surface area contributed by atoms with E-state index in [1.54, 1.807) is 0 Å². The summed E-state index contributed by atoms with van der Waals surface area (Å²) in [7, 11) is 0. The van der Waals surface area contributed by atoms with Crippen molar-refractivity contribution in [3.63, 3.8) is 0 Å². The zero-order valence-electron chi connectivity index (χ0n) is 9.10. The molecule has 0 bridgehead atoms. The van der Waals surface area contributed by atoms with Gasteiger partial charge in [-0.05, 0) is 0 Å². The van der Waals surface area contributed by atoms with Crippen molar-refractivity contribution in [1.82, 2.24) is 24.7 Å². The Morgan fingerprint density at radius 3 is 3.18 bits per heavy atom. The predicted molar refractivity (Wildman–Crippen MR) is 64.1 cm³/mol. The number of nitrogens with zero attached hydrogens (tertiary/aromatic N) is 4. The Bertz CT molecular complexity index is 439. The van der Waals surface area contributed by atoms with Crippen molar-refractivity contribution in [2.24, 2.45) is 0 Å². The number of carbonyl (C=O) groups excluding carboxylic acids is 1. The van der Waals surface area contributed by atoms with Gasteiger partial charge in [0.05, 0.1) is 6.04 Å². The number of aromatic nitrogens is 2.